The predicted octanol–water partition coefficient (Wildman–Crippen LogP) is 3.10. The van der Waals surface area contributed by atoms with Gasteiger partial charge in [0.05, 0.1) is 36.3 Å². The number of carbonyl (C=O) groups is 2. The summed E-state index contributed by atoms with van der Waals surface area (Å²) in [6, 6.07) is 7.56. The van der Waals surface area contributed by atoms with Crippen molar-refractivity contribution in [2.45, 2.75) is 51.0 Å². The summed E-state index contributed by atoms with van der Waals surface area (Å²) in [6.45, 7) is 6.53. The second-order valence-corrected chi connectivity index (χ2v) is 8.92. The zero-order chi connectivity index (χ0) is 19.7. The number of hydrogen-bond acceptors (Lipinski definition) is 5. The van der Waals surface area contributed by atoms with Crippen LogP contribution in [-0.2, 0) is 14.2 Å². The molecule has 1 spiro atoms. The molecule has 1 aromatic heterocycles. The Morgan fingerprint density at radius 1 is 1.25 bits per heavy atom. The number of likely N-dealkylation sites (tertiary alicyclic amines) is 1. The quantitative estimate of drug-likeness (QED) is 0.805. The van der Waals surface area contributed by atoms with Crippen molar-refractivity contribution in [2.24, 2.45) is 5.41 Å². The molecule has 3 fully saturated rings. The average Bonchev–Trinajstić information content (AvgIpc) is 3.22. The Balaban J connectivity index is 1.32. The maximum absolute atomic E-state index is 12.8. The van der Waals surface area contributed by atoms with Crippen LogP contribution >= 0.6 is 0 Å². The highest BCUT2D eigenvalue weighted by Gasteiger charge is 2.77. The van der Waals surface area contributed by atoms with E-state index in [1.165, 1.54) is 0 Å². The number of ether oxygens (including phenoxy) is 3. The Hall–Kier alpha value is -2.54. The predicted molar refractivity (Wildman–Crippen MR) is 101 cm³/mol. The minimum absolute atomic E-state index is 0.00983. The molecule has 28 heavy (non-hydrogen) atoms. The molecule has 7 nitrogen and oxygen atoms in total. The lowest BCUT2D eigenvalue weighted by Crippen LogP contribution is -2.84. The third-order valence-electron chi connectivity index (χ3n) is 6.24. The third kappa shape index (κ3) is 2.32. The van der Waals surface area contributed by atoms with Crippen LogP contribution in [0.3, 0.4) is 0 Å². The second kappa shape index (κ2) is 5.73. The number of hydrogen-bond donors (Lipinski definition) is 1. The van der Waals surface area contributed by atoms with E-state index in [0.717, 1.165) is 10.9 Å². The van der Waals surface area contributed by atoms with E-state index in [1.807, 2.05) is 45.0 Å². The summed E-state index contributed by atoms with van der Waals surface area (Å²) in [5, 5.41) is 0.851. The van der Waals surface area contributed by atoms with Crippen LogP contribution in [0.5, 0.6) is 0 Å². The number of carbonyl (C=O) groups excluding carboxylic acids is 2. The number of aromatic amines is 1. The highest BCUT2D eigenvalue weighted by Crippen LogP contribution is 2.62. The van der Waals surface area contributed by atoms with Crippen molar-refractivity contribution < 1.29 is 23.8 Å². The zero-order valence-electron chi connectivity index (χ0n) is 16.2. The summed E-state index contributed by atoms with van der Waals surface area (Å²) < 4.78 is 17.1. The molecular formula is C21H24N2O5. The first kappa shape index (κ1) is 17.6. The maximum atomic E-state index is 12.8. The highest BCUT2D eigenvalue weighted by atomic mass is 16.6. The molecule has 0 radical (unpaired) electrons. The van der Waals surface area contributed by atoms with Crippen molar-refractivity contribution in [1.82, 2.24) is 9.88 Å². The number of amides is 1. The summed E-state index contributed by atoms with van der Waals surface area (Å²) in [4.78, 5) is 30.2. The number of H-pyrrole nitrogens is 1. The summed E-state index contributed by atoms with van der Waals surface area (Å²) >= 11 is 0. The fraction of sp³-hybridized carbons (Fsp3) is 0.524. The molecule has 148 valence electrons. The van der Waals surface area contributed by atoms with Gasteiger partial charge >= 0.3 is 12.1 Å². The lowest BCUT2D eigenvalue weighted by atomic mass is 9.51. The SMILES string of the molecule is CC(C)(C)OC(=O)N1C2COCC23C(OC(=O)c2c[nH]c4ccccc24)CC13. The van der Waals surface area contributed by atoms with Crippen LogP contribution in [0.15, 0.2) is 30.5 Å². The van der Waals surface area contributed by atoms with Gasteiger partial charge < -0.3 is 19.2 Å². The summed E-state index contributed by atoms with van der Waals surface area (Å²) in [5.74, 6) is -0.336. The molecular weight excluding hydrogens is 360 g/mol. The normalized spacial score (nSPS) is 30.8. The van der Waals surface area contributed by atoms with Crippen molar-refractivity contribution in [1.29, 1.82) is 0 Å². The van der Waals surface area contributed by atoms with Gasteiger partial charge in [0, 0.05) is 23.5 Å². The van der Waals surface area contributed by atoms with Crippen LogP contribution < -0.4 is 0 Å². The van der Waals surface area contributed by atoms with Gasteiger partial charge in [0.2, 0.25) is 0 Å². The molecule has 2 saturated heterocycles. The van der Waals surface area contributed by atoms with Gasteiger partial charge in [-0.15, -0.1) is 0 Å². The summed E-state index contributed by atoms with van der Waals surface area (Å²) in [5.41, 5.74) is 0.605. The Labute approximate surface area is 162 Å². The molecule has 7 heteroatoms. The summed E-state index contributed by atoms with van der Waals surface area (Å²) in [7, 11) is 0. The standard InChI is InChI=1S/C21H24N2O5/c1-20(2,3)28-19(25)23-15-8-17(21(15)11-26-10-16(21)23)27-18(24)13-9-22-14-7-5-4-6-12(13)14/h4-7,9,15-17,22H,8,10-11H2,1-3H3. The van der Waals surface area contributed by atoms with E-state index in [9.17, 15) is 9.59 Å². The van der Waals surface area contributed by atoms with Gasteiger partial charge in [0.1, 0.15) is 11.7 Å². The van der Waals surface area contributed by atoms with E-state index in [-0.39, 0.29) is 35.7 Å². The lowest BCUT2D eigenvalue weighted by Gasteiger charge is -2.68. The van der Waals surface area contributed by atoms with Crippen molar-refractivity contribution in [3.05, 3.63) is 36.0 Å². The maximum Gasteiger partial charge on any atom is 0.410 e. The van der Waals surface area contributed by atoms with Crippen LogP contribution in [0.1, 0.15) is 37.6 Å². The van der Waals surface area contributed by atoms with Crippen molar-refractivity contribution >= 4 is 23.0 Å². The number of nitrogens with zero attached hydrogens (tertiary/aromatic N) is 1. The Morgan fingerprint density at radius 3 is 2.82 bits per heavy atom. The van der Waals surface area contributed by atoms with Gasteiger partial charge in [-0.2, -0.15) is 0 Å². The number of benzene rings is 1. The molecule has 4 unspecified atom stereocenters. The first-order valence-corrected chi connectivity index (χ1v) is 9.67. The number of fused-ring (bicyclic) bond motifs is 1. The molecule has 1 aliphatic carbocycles. The molecule has 2 aliphatic heterocycles. The van der Waals surface area contributed by atoms with E-state index < -0.39 is 5.60 Å². The van der Waals surface area contributed by atoms with E-state index in [2.05, 4.69) is 4.98 Å². The van der Waals surface area contributed by atoms with Crippen molar-refractivity contribution in [3.8, 4) is 0 Å². The highest BCUT2D eigenvalue weighted by molar-refractivity contribution is 6.04. The van der Waals surface area contributed by atoms with Crippen LogP contribution in [0.25, 0.3) is 10.9 Å². The van der Waals surface area contributed by atoms with Gasteiger partial charge in [0.25, 0.3) is 0 Å². The average molecular weight is 384 g/mol. The van der Waals surface area contributed by atoms with E-state index in [0.29, 0.717) is 25.2 Å². The van der Waals surface area contributed by atoms with Crippen LogP contribution in [0.2, 0.25) is 0 Å². The van der Waals surface area contributed by atoms with Gasteiger partial charge in [-0.3, -0.25) is 4.90 Å². The molecule has 1 N–H and O–H groups in total. The summed E-state index contributed by atoms with van der Waals surface area (Å²) in [6.07, 6.45) is 1.75. The number of aromatic nitrogens is 1. The lowest BCUT2D eigenvalue weighted by molar-refractivity contribution is -0.237. The fourth-order valence-electron chi connectivity index (χ4n) is 4.93. The van der Waals surface area contributed by atoms with E-state index in [4.69, 9.17) is 14.2 Å². The zero-order valence-corrected chi connectivity index (χ0v) is 16.2. The monoisotopic (exact) mass is 384 g/mol. The van der Waals surface area contributed by atoms with Crippen LogP contribution in [-0.4, -0.2) is 58.9 Å². The second-order valence-electron chi connectivity index (χ2n) is 8.92. The molecule has 1 saturated carbocycles. The molecule has 1 amide bonds. The number of esters is 1. The topological polar surface area (TPSA) is 80.9 Å². The number of piperidine rings is 1. The van der Waals surface area contributed by atoms with Crippen LogP contribution in [0, 0.1) is 5.41 Å². The van der Waals surface area contributed by atoms with Gasteiger partial charge in [-0.1, -0.05) is 18.2 Å². The Kier molecular flexibility index (Phi) is 3.59. The molecule has 2 aromatic rings. The molecule has 1 aromatic carbocycles. The van der Waals surface area contributed by atoms with E-state index in [1.54, 1.807) is 11.1 Å². The molecule has 4 atom stereocenters. The van der Waals surface area contributed by atoms with Crippen molar-refractivity contribution in [2.75, 3.05) is 13.2 Å². The molecule has 3 aliphatic rings. The van der Waals surface area contributed by atoms with Gasteiger partial charge in [-0.25, -0.2) is 9.59 Å². The number of nitrogens with one attached hydrogen (secondary N) is 1. The minimum Gasteiger partial charge on any atom is -0.458 e. The Bertz CT molecular complexity index is 961. The van der Waals surface area contributed by atoms with E-state index >= 15 is 0 Å². The van der Waals surface area contributed by atoms with Crippen LogP contribution in [0.4, 0.5) is 4.79 Å². The first-order chi connectivity index (χ1) is 13.3. The van der Waals surface area contributed by atoms with Gasteiger partial charge in [-0.05, 0) is 26.8 Å². The number of para-hydroxylation sites is 1. The fourth-order valence-corrected chi connectivity index (χ4v) is 4.93. The molecule has 0 bridgehead atoms. The third-order valence-corrected chi connectivity index (χ3v) is 6.24. The minimum atomic E-state index is -0.542. The van der Waals surface area contributed by atoms with Gasteiger partial charge in [0.15, 0.2) is 0 Å². The largest absolute Gasteiger partial charge is 0.458 e. The number of rotatable bonds is 2. The first-order valence-electron chi connectivity index (χ1n) is 9.67. The van der Waals surface area contributed by atoms with Crippen molar-refractivity contribution in [3.63, 3.8) is 0 Å². The Morgan fingerprint density at radius 2 is 2.04 bits per heavy atom. The molecule has 3 heterocycles. The smallest absolute Gasteiger partial charge is 0.410 e. The molecule has 5 rings (SSSR count).